The number of carbonyl (C=O) groups excluding carboxylic acids is 1. The molecule has 9 heteroatoms. The summed E-state index contributed by atoms with van der Waals surface area (Å²) in [7, 11) is -2.43. The van der Waals surface area contributed by atoms with Crippen molar-refractivity contribution in [3.63, 3.8) is 0 Å². The Balaban J connectivity index is 1.75. The van der Waals surface area contributed by atoms with Gasteiger partial charge < -0.3 is 9.15 Å². The smallest absolute Gasteiger partial charge is 0.417 e. The van der Waals surface area contributed by atoms with Gasteiger partial charge in [0.05, 0.1) is 23.4 Å². The topological polar surface area (TPSA) is 118 Å². The number of fused-ring (bicyclic) bond motifs is 1. The molecule has 1 heterocycles. The third kappa shape index (κ3) is 3.77. The van der Waals surface area contributed by atoms with Crippen LogP contribution in [-0.2, 0) is 19.6 Å². The van der Waals surface area contributed by atoms with E-state index >= 15 is 0 Å². The predicted molar refractivity (Wildman–Crippen MR) is 89.5 cm³/mol. The van der Waals surface area contributed by atoms with Crippen molar-refractivity contribution in [2.75, 3.05) is 13.7 Å². The third-order valence-corrected chi connectivity index (χ3v) is 6.07. The number of hydrogen-bond acceptors (Lipinski definition) is 6. The maximum atomic E-state index is 12.5. The molecule has 0 saturated heterocycles. The van der Waals surface area contributed by atoms with Crippen LogP contribution in [0.4, 0.5) is 0 Å². The number of ether oxygens (including phenoxy) is 1. The fourth-order valence-electron chi connectivity index (χ4n) is 3.31. The third-order valence-electron chi connectivity index (χ3n) is 4.65. The lowest BCUT2D eigenvalue weighted by molar-refractivity contribution is -0.148. The molecule has 1 aliphatic carbocycles. The lowest BCUT2D eigenvalue weighted by Crippen LogP contribution is -2.37. The summed E-state index contributed by atoms with van der Waals surface area (Å²) in [5, 5.41) is 0. The zero-order valence-corrected chi connectivity index (χ0v) is 14.6. The van der Waals surface area contributed by atoms with E-state index in [0.29, 0.717) is 11.9 Å². The molecule has 2 N–H and O–H groups in total. The largest absolute Gasteiger partial charge is 0.469 e. The monoisotopic (exact) mass is 368 g/mol. The van der Waals surface area contributed by atoms with E-state index in [9.17, 15) is 18.0 Å². The number of nitrogens with one attached hydrogen (secondary N) is 2. The van der Waals surface area contributed by atoms with E-state index in [2.05, 4.69) is 9.71 Å². The Hall–Kier alpha value is -2.13. The first-order valence-corrected chi connectivity index (χ1v) is 9.59. The highest BCUT2D eigenvalue weighted by Gasteiger charge is 2.32. The SMILES string of the molecule is COC(=O)C1CCCCC1CNS(=O)(=O)c1ccc2[nH]c(=O)oc2c1. The first-order chi connectivity index (χ1) is 11.9. The Bertz CT molecular complexity index is 929. The van der Waals surface area contributed by atoms with Crippen LogP contribution in [0.15, 0.2) is 32.3 Å². The van der Waals surface area contributed by atoms with E-state index in [1.165, 1.54) is 25.3 Å². The Morgan fingerprint density at radius 2 is 2.12 bits per heavy atom. The molecule has 1 saturated carbocycles. The first kappa shape index (κ1) is 17.7. The van der Waals surface area contributed by atoms with Crippen LogP contribution in [0.2, 0.25) is 0 Å². The van der Waals surface area contributed by atoms with Gasteiger partial charge in [-0.05, 0) is 30.9 Å². The van der Waals surface area contributed by atoms with Crippen molar-refractivity contribution >= 4 is 27.1 Å². The summed E-state index contributed by atoms with van der Waals surface area (Å²) in [6.45, 7) is 0.164. The average Bonchev–Trinajstić information content (AvgIpc) is 2.98. The summed E-state index contributed by atoms with van der Waals surface area (Å²) in [5.74, 6) is -1.31. The van der Waals surface area contributed by atoms with Gasteiger partial charge in [0.25, 0.3) is 0 Å². The number of oxazole rings is 1. The van der Waals surface area contributed by atoms with Crippen LogP contribution >= 0.6 is 0 Å². The summed E-state index contributed by atoms with van der Waals surface area (Å²) in [6, 6.07) is 4.18. The van der Waals surface area contributed by atoms with Crippen molar-refractivity contribution in [1.29, 1.82) is 0 Å². The van der Waals surface area contributed by atoms with E-state index in [-0.39, 0.29) is 34.8 Å². The van der Waals surface area contributed by atoms with E-state index in [1.54, 1.807) is 0 Å². The molecule has 2 unspecified atom stereocenters. The minimum atomic E-state index is -3.78. The first-order valence-electron chi connectivity index (χ1n) is 8.11. The molecule has 136 valence electrons. The molecule has 1 fully saturated rings. The van der Waals surface area contributed by atoms with Crippen LogP contribution in [0.5, 0.6) is 0 Å². The number of carbonyl (C=O) groups is 1. The molecular formula is C16H20N2O6S. The molecule has 0 bridgehead atoms. The van der Waals surface area contributed by atoms with Gasteiger partial charge in [-0.15, -0.1) is 0 Å². The molecule has 3 rings (SSSR count). The van der Waals surface area contributed by atoms with Gasteiger partial charge in [-0.1, -0.05) is 12.8 Å². The normalized spacial score (nSPS) is 21.3. The molecule has 2 atom stereocenters. The minimum Gasteiger partial charge on any atom is -0.469 e. The maximum Gasteiger partial charge on any atom is 0.417 e. The molecule has 1 aromatic heterocycles. The van der Waals surface area contributed by atoms with Crippen LogP contribution in [0.3, 0.4) is 0 Å². The quantitative estimate of drug-likeness (QED) is 0.770. The molecule has 1 aliphatic rings. The van der Waals surface area contributed by atoms with E-state index in [4.69, 9.17) is 9.15 Å². The van der Waals surface area contributed by atoms with Gasteiger partial charge >= 0.3 is 11.7 Å². The second-order valence-electron chi connectivity index (χ2n) is 6.20. The molecule has 25 heavy (non-hydrogen) atoms. The number of esters is 1. The number of sulfonamides is 1. The van der Waals surface area contributed by atoms with Gasteiger partial charge in [0.1, 0.15) is 0 Å². The predicted octanol–water partition coefficient (Wildman–Crippen LogP) is 1.38. The van der Waals surface area contributed by atoms with Crippen LogP contribution in [0, 0.1) is 11.8 Å². The Labute approximate surface area is 144 Å². The molecule has 1 aromatic carbocycles. The van der Waals surface area contributed by atoms with Crippen molar-refractivity contribution in [2.45, 2.75) is 30.6 Å². The van der Waals surface area contributed by atoms with Gasteiger partial charge in [0, 0.05) is 12.6 Å². The second-order valence-corrected chi connectivity index (χ2v) is 7.97. The van der Waals surface area contributed by atoms with Crippen LogP contribution < -0.4 is 10.5 Å². The number of benzene rings is 1. The van der Waals surface area contributed by atoms with Gasteiger partial charge in [0.2, 0.25) is 10.0 Å². The molecule has 0 spiro atoms. The molecule has 0 aliphatic heterocycles. The van der Waals surface area contributed by atoms with Gasteiger partial charge in [0.15, 0.2) is 5.58 Å². The molecule has 0 amide bonds. The van der Waals surface area contributed by atoms with Crippen LogP contribution in [0.25, 0.3) is 11.1 Å². The number of hydrogen-bond donors (Lipinski definition) is 2. The lowest BCUT2D eigenvalue weighted by atomic mass is 9.79. The lowest BCUT2D eigenvalue weighted by Gasteiger charge is -2.29. The van der Waals surface area contributed by atoms with Crippen molar-refractivity contribution < 1.29 is 22.4 Å². The van der Waals surface area contributed by atoms with E-state index in [0.717, 1.165) is 19.3 Å². The zero-order valence-electron chi connectivity index (χ0n) is 13.8. The Morgan fingerprint density at radius 1 is 1.36 bits per heavy atom. The highest BCUT2D eigenvalue weighted by molar-refractivity contribution is 7.89. The van der Waals surface area contributed by atoms with Crippen molar-refractivity contribution in [3.05, 3.63) is 28.7 Å². The zero-order chi connectivity index (χ0) is 18.0. The maximum absolute atomic E-state index is 12.5. The summed E-state index contributed by atoms with van der Waals surface area (Å²) >= 11 is 0. The minimum absolute atomic E-state index is 0.00757. The van der Waals surface area contributed by atoms with Crippen molar-refractivity contribution in [1.82, 2.24) is 9.71 Å². The van der Waals surface area contributed by atoms with Gasteiger partial charge in [-0.2, -0.15) is 0 Å². The van der Waals surface area contributed by atoms with E-state index < -0.39 is 15.8 Å². The average molecular weight is 368 g/mol. The number of methoxy groups -OCH3 is 1. The highest BCUT2D eigenvalue weighted by atomic mass is 32.2. The Morgan fingerprint density at radius 3 is 2.88 bits per heavy atom. The van der Waals surface area contributed by atoms with E-state index in [1.807, 2.05) is 0 Å². The van der Waals surface area contributed by atoms with Crippen LogP contribution in [-0.4, -0.2) is 33.0 Å². The number of aromatic amines is 1. The Kier molecular flexibility index (Phi) is 4.96. The molecular weight excluding hydrogens is 348 g/mol. The summed E-state index contributed by atoms with van der Waals surface area (Å²) in [6.07, 6.45) is 3.38. The molecule has 0 radical (unpaired) electrons. The number of H-pyrrole nitrogens is 1. The van der Waals surface area contributed by atoms with Crippen molar-refractivity contribution in [3.8, 4) is 0 Å². The fourth-order valence-corrected chi connectivity index (χ4v) is 4.42. The standard InChI is InChI=1S/C16H20N2O6S/c1-23-15(19)12-5-3-2-4-10(12)9-17-25(21,22)11-6-7-13-14(8-11)24-16(20)18-13/h6-8,10,12,17H,2-5,9H2,1H3,(H,18,20). The summed E-state index contributed by atoms with van der Waals surface area (Å²) < 4.78 is 37.3. The number of rotatable bonds is 5. The molecule has 8 nitrogen and oxygen atoms in total. The van der Waals surface area contributed by atoms with Gasteiger partial charge in [-0.3, -0.25) is 9.78 Å². The summed E-state index contributed by atoms with van der Waals surface area (Å²) in [5.41, 5.74) is 0.611. The highest BCUT2D eigenvalue weighted by Crippen LogP contribution is 2.31. The van der Waals surface area contributed by atoms with Gasteiger partial charge in [-0.25, -0.2) is 17.9 Å². The summed E-state index contributed by atoms with van der Waals surface area (Å²) in [4.78, 5) is 25.5. The number of aromatic nitrogens is 1. The van der Waals surface area contributed by atoms with Crippen molar-refractivity contribution in [2.24, 2.45) is 11.8 Å². The van der Waals surface area contributed by atoms with Crippen LogP contribution in [0.1, 0.15) is 25.7 Å². The second kappa shape index (κ2) is 7.01. The molecule has 2 aromatic rings. The fraction of sp³-hybridized carbons (Fsp3) is 0.500.